The number of benzene rings is 3. The molecule has 37 heteroatoms. The van der Waals surface area contributed by atoms with Gasteiger partial charge in [0.15, 0.2) is 0 Å². The zero-order valence-corrected chi connectivity index (χ0v) is 58.7. The fourth-order valence-corrected chi connectivity index (χ4v) is 10.9. The summed E-state index contributed by atoms with van der Waals surface area (Å²) in [6, 6.07) is 0. The van der Waals surface area contributed by atoms with Crippen LogP contribution in [-0.2, 0) is 23.7 Å². The molecule has 586 valence electrons. The van der Waals surface area contributed by atoms with Crippen LogP contribution in [0.5, 0.6) is 0 Å². The van der Waals surface area contributed by atoms with E-state index in [0.29, 0.717) is 51.4 Å². The van der Waals surface area contributed by atoms with E-state index in [0.717, 1.165) is 109 Å². The van der Waals surface area contributed by atoms with E-state index in [1.807, 2.05) is 20.8 Å². The van der Waals surface area contributed by atoms with Gasteiger partial charge in [0.05, 0.1) is 120 Å². The van der Waals surface area contributed by atoms with Gasteiger partial charge in [0, 0.05) is 6.42 Å². The van der Waals surface area contributed by atoms with Crippen molar-refractivity contribution < 1.29 is 182 Å². The van der Waals surface area contributed by atoms with Gasteiger partial charge in [-0.05, 0) is 25.7 Å². The SMILES string of the molecule is CCCCCCCCCC(=O)OC(=O)c1c(C(=O)O)c(C(=O)O)c(C(=O)O)c(C(=O)O)c1C(=O)OCCCCCCCC.CCCCCCCCOC(=O)c1c(C(=O)O)c(C(=O)O)c(C(=O)O)c(C(=O)O)c1C(=O)O.CCCCCCCCOC(=O)c1c(C(=O)O)c(C(=O)O)c(C(=O)O)c(C(=O)O)c1C(=O)O. The third kappa shape index (κ3) is 26.8. The Morgan fingerprint density at radius 2 is 0.327 bits per heavy atom. The van der Waals surface area contributed by atoms with Crippen molar-refractivity contribution in [1.82, 2.24) is 0 Å². The minimum Gasteiger partial charge on any atom is -0.478 e. The molecule has 3 rings (SSSR count). The lowest BCUT2D eigenvalue weighted by atomic mass is 9.85. The zero-order valence-electron chi connectivity index (χ0n) is 58.7. The van der Waals surface area contributed by atoms with Crippen LogP contribution in [0.3, 0.4) is 0 Å². The molecule has 3 aromatic rings. The summed E-state index contributed by atoms with van der Waals surface area (Å²) in [6.07, 6.45) is 19.8. The molecule has 14 N–H and O–H groups in total. The van der Waals surface area contributed by atoms with Gasteiger partial charge in [-0.2, -0.15) is 0 Å². The summed E-state index contributed by atoms with van der Waals surface area (Å²) in [6.45, 7) is 7.31. The fourth-order valence-electron chi connectivity index (χ4n) is 10.9. The Kier molecular flexibility index (Phi) is 40.3. The predicted molar refractivity (Wildman–Crippen MR) is 361 cm³/mol. The van der Waals surface area contributed by atoms with Gasteiger partial charge in [-0.25, -0.2) is 86.3 Å². The Morgan fingerprint density at radius 1 is 0.187 bits per heavy atom. The van der Waals surface area contributed by atoms with Crippen molar-refractivity contribution in [2.75, 3.05) is 19.8 Å². The van der Waals surface area contributed by atoms with Gasteiger partial charge in [-0.15, -0.1) is 0 Å². The maximum absolute atomic E-state index is 13.2. The first-order valence-corrected chi connectivity index (χ1v) is 33.6. The van der Waals surface area contributed by atoms with Crippen LogP contribution >= 0.6 is 0 Å². The molecule has 3 aromatic carbocycles. The van der Waals surface area contributed by atoms with Crippen molar-refractivity contribution >= 4 is 113 Å². The van der Waals surface area contributed by atoms with Crippen molar-refractivity contribution in [3.63, 3.8) is 0 Å². The number of rotatable bonds is 47. The second kappa shape index (κ2) is 46.5. The molecule has 0 aliphatic rings. The highest BCUT2D eigenvalue weighted by Crippen LogP contribution is 2.35. The molecule has 0 aromatic heterocycles. The number of ether oxygens (including phenoxy) is 4. The smallest absolute Gasteiger partial charge is 0.347 e. The van der Waals surface area contributed by atoms with E-state index in [2.05, 4.69) is 6.92 Å². The Balaban J connectivity index is 0.000000816. The normalized spacial score (nSPS) is 10.5. The van der Waals surface area contributed by atoms with E-state index in [1.165, 1.54) is 0 Å². The Labute approximate surface area is 607 Å². The van der Waals surface area contributed by atoms with Crippen LogP contribution in [0.2, 0.25) is 0 Å². The second-order valence-corrected chi connectivity index (χ2v) is 23.4. The van der Waals surface area contributed by atoms with E-state index >= 15 is 0 Å². The molecular weight excluding hydrogens is 1430 g/mol. The third-order valence-electron chi connectivity index (χ3n) is 15.7. The average Bonchev–Trinajstić information content (AvgIpc) is 0.752. The van der Waals surface area contributed by atoms with E-state index in [-0.39, 0.29) is 26.2 Å². The first-order valence-electron chi connectivity index (χ1n) is 33.6. The quantitative estimate of drug-likeness (QED) is 0.0108. The van der Waals surface area contributed by atoms with Gasteiger partial charge < -0.3 is 90.4 Å². The number of carbonyl (C=O) groups excluding carboxylic acids is 5. The van der Waals surface area contributed by atoms with Crippen LogP contribution in [0.4, 0.5) is 0 Å². The number of carboxylic acids is 14. The fraction of sp³-hybridized carbons (Fsp3) is 0.471. The monoisotopic (exact) mass is 1520 g/mol. The van der Waals surface area contributed by atoms with Crippen LogP contribution < -0.4 is 0 Å². The highest BCUT2D eigenvalue weighted by Gasteiger charge is 2.45. The summed E-state index contributed by atoms with van der Waals surface area (Å²) >= 11 is 0. The Bertz CT molecular complexity index is 3640. The Hall–Kier alpha value is -12.2. The summed E-state index contributed by atoms with van der Waals surface area (Å²) in [5.41, 5.74) is -26.8. The molecule has 0 fully saturated rings. The minimum absolute atomic E-state index is 0.269. The third-order valence-corrected chi connectivity index (χ3v) is 15.7. The van der Waals surface area contributed by atoms with Crippen molar-refractivity contribution in [3.8, 4) is 0 Å². The average molecular weight is 1520 g/mol. The zero-order chi connectivity index (χ0) is 81.7. The summed E-state index contributed by atoms with van der Waals surface area (Å²) < 4.78 is 19.6. The van der Waals surface area contributed by atoms with Gasteiger partial charge in [0.2, 0.25) is 0 Å². The summed E-state index contributed by atoms with van der Waals surface area (Å²) in [5, 5.41) is 133. The highest BCUT2D eigenvalue weighted by molar-refractivity contribution is 6.26. The van der Waals surface area contributed by atoms with E-state index in [1.54, 1.807) is 0 Å². The Morgan fingerprint density at radius 3 is 0.505 bits per heavy atom. The van der Waals surface area contributed by atoms with Crippen molar-refractivity contribution in [1.29, 1.82) is 0 Å². The van der Waals surface area contributed by atoms with Crippen LogP contribution in [0.25, 0.3) is 0 Å². The molecule has 0 saturated heterocycles. The van der Waals surface area contributed by atoms with Crippen molar-refractivity contribution in [3.05, 3.63) is 100 Å². The summed E-state index contributed by atoms with van der Waals surface area (Å²) in [4.78, 5) is 229. The molecule has 107 heavy (non-hydrogen) atoms. The largest absolute Gasteiger partial charge is 0.478 e. The summed E-state index contributed by atoms with van der Waals surface area (Å²) in [7, 11) is 0. The number of unbranched alkanes of at least 4 members (excludes halogenated alkanes) is 21. The van der Waals surface area contributed by atoms with E-state index < -0.39 is 214 Å². The number of aromatic carboxylic acids is 14. The molecule has 0 radical (unpaired) electrons. The highest BCUT2D eigenvalue weighted by atomic mass is 16.6. The lowest BCUT2D eigenvalue weighted by molar-refractivity contribution is -0.138. The number of carbonyl (C=O) groups is 19. The second-order valence-electron chi connectivity index (χ2n) is 23.4. The first kappa shape index (κ1) is 92.8. The van der Waals surface area contributed by atoms with Gasteiger partial charge in [0.1, 0.15) is 0 Å². The molecule has 0 heterocycles. The van der Waals surface area contributed by atoms with Gasteiger partial charge >= 0.3 is 113 Å². The molecule has 0 unspecified atom stereocenters. The van der Waals surface area contributed by atoms with E-state index in [4.69, 9.17) is 18.9 Å². The lowest BCUT2D eigenvalue weighted by Gasteiger charge is -2.18. The molecule has 0 spiro atoms. The number of hydrogen-bond acceptors (Lipinski definition) is 23. The minimum atomic E-state index is -2.20. The van der Waals surface area contributed by atoms with E-state index in [9.17, 15) is 163 Å². The molecule has 0 aliphatic carbocycles. The van der Waals surface area contributed by atoms with Gasteiger partial charge in [-0.1, -0.05) is 163 Å². The number of esters is 5. The van der Waals surface area contributed by atoms with Crippen LogP contribution in [0.15, 0.2) is 0 Å². The van der Waals surface area contributed by atoms with Gasteiger partial charge in [-0.3, -0.25) is 4.79 Å². The topological polar surface area (TPSA) is 644 Å². The molecule has 0 atom stereocenters. The molecule has 0 saturated carbocycles. The number of hydrogen-bond donors (Lipinski definition) is 14. The standard InChI is InChI=1S/C30H40O13.2C20H22O12/c1-3-5-7-9-11-12-14-16-18(31)43-30(41)24-22(28(38)39)20(26(34)35)19(25(32)33)21(27(36)37)23(24)29(40)42-17-15-13-10-8-6-4-2;2*1-2-3-4-5-6-7-8-32-20(31)14-12(18(27)28)10(16(23)24)9(15(21)22)11(17(25)26)13(14)19(29)30/h3-17H2,1-2H3,(H,32,33)(H,34,35)(H,36,37)(H,38,39);2*2-8H2,1H3,(H,21,22)(H,23,24)(H,25,26)(H,27,28)(H,29,30). The van der Waals surface area contributed by atoms with Gasteiger partial charge in [0.25, 0.3) is 0 Å². The van der Waals surface area contributed by atoms with Crippen molar-refractivity contribution in [2.24, 2.45) is 0 Å². The molecule has 0 aliphatic heterocycles. The molecule has 0 bridgehead atoms. The van der Waals surface area contributed by atoms with Crippen molar-refractivity contribution in [2.45, 2.75) is 195 Å². The summed E-state index contributed by atoms with van der Waals surface area (Å²) in [5.74, 6) is -38.1. The van der Waals surface area contributed by atoms with Crippen LogP contribution in [-0.4, -0.2) is 205 Å². The molecule has 0 amide bonds. The predicted octanol–water partition coefficient (Wildman–Crippen LogP) is 11.2. The first-order chi connectivity index (χ1) is 50.3. The molecular formula is C70H84O37. The molecule has 37 nitrogen and oxygen atoms in total. The lowest BCUT2D eigenvalue weighted by Crippen LogP contribution is -2.30. The number of carboxylic acid groups (broad SMARTS) is 14. The van der Waals surface area contributed by atoms with Crippen LogP contribution in [0, 0.1) is 0 Å². The maximum atomic E-state index is 13.2. The maximum Gasteiger partial charge on any atom is 0.347 e. The van der Waals surface area contributed by atoms with Crippen LogP contribution in [0.1, 0.15) is 381 Å².